The van der Waals surface area contributed by atoms with Crippen molar-refractivity contribution < 1.29 is 24.2 Å². The van der Waals surface area contributed by atoms with Crippen LogP contribution in [0.3, 0.4) is 0 Å². The van der Waals surface area contributed by atoms with Crippen molar-refractivity contribution in [2.75, 3.05) is 13.3 Å². The molecule has 1 aliphatic rings. The minimum absolute atomic E-state index is 0.0324. The zero-order valence-corrected chi connectivity index (χ0v) is 12.2. The molecule has 0 bridgehead atoms. The van der Waals surface area contributed by atoms with Crippen LogP contribution in [0, 0.1) is 11.3 Å². The highest BCUT2D eigenvalue weighted by atomic mass is 16.7. The van der Waals surface area contributed by atoms with Gasteiger partial charge in [-0.25, -0.2) is 0 Å². The molecule has 1 heterocycles. The lowest BCUT2D eigenvalue weighted by Crippen LogP contribution is -2.27. The number of fused-ring (bicyclic) bond motifs is 1. The van der Waals surface area contributed by atoms with E-state index in [9.17, 15) is 9.59 Å². The van der Waals surface area contributed by atoms with Gasteiger partial charge in [-0.15, -0.1) is 0 Å². The number of amides is 1. The van der Waals surface area contributed by atoms with E-state index in [1.165, 1.54) is 6.20 Å². The summed E-state index contributed by atoms with van der Waals surface area (Å²) < 4.78 is 10.5. The van der Waals surface area contributed by atoms with Crippen molar-refractivity contribution in [3.8, 4) is 17.6 Å². The minimum atomic E-state index is -1.02. The largest absolute Gasteiger partial charge is 0.481 e. The molecular formula is C15H15N3O5. The van der Waals surface area contributed by atoms with Gasteiger partial charge in [0.2, 0.25) is 6.79 Å². The number of benzene rings is 1. The average molecular weight is 317 g/mol. The first kappa shape index (κ1) is 16.2. The maximum absolute atomic E-state index is 11.7. The molecule has 8 nitrogen and oxygen atoms in total. The molecule has 0 spiro atoms. The number of carbonyl (C=O) groups excluding carboxylic acids is 1. The van der Waals surface area contributed by atoms with Crippen LogP contribution in [0.15, 0.2) is 30.0 Å². The maximum atomic E-state index is 11.7. The Labute approximate surface area is 132 Å². The Kier molecular flexibility index (Phi) is 5.41. The van der Waals surface area contributed by atoms with E-state index in [0.29, 0.717) is 18.0 Å². The summed E-state index contributed by atoms with van der Waals surface area (Å²) in [5, 5.41) is 22.7. The molecule has 0 radical (unpaired) electrons. The number of rotatable bonds is 7. The molecular weight excluding hydrogens is 302 g/mol. The molecule has 0 aliphatic carbocycles. The van der Waals surface area contributed by atoms with Gasteiger partial charge in [0.05, 0.1) is 6.42 Å². The van der Waals surface area contributed by atoms with Gasteiger partial charge in [0.1, 0.15) is 11.6 Å². The van der Waals surface area contributed by atoms with E-state index >= 15 is 0 Å². The molecule has 0 atom stereocenters. The van der Waals surface area contributed by atoms with Crippen LogP contribution in [0.25, 0.3) is 0 Å². The van der Waals surface area contributed by atoms with Crippen molar-refractivity contribution in [3.05, 3.63) is 35.5 Å². The summed E-state index contributed by atoms with van der Waals surface area (Å²) in [6.07, 6.45) is 1.09. The van der Waals surface area contributed by atoms with Crippen LogP contribution in [-0.2, 0) is 16.1 Å². The molecule has 0 aromatic heterocycles. The normalized spacial score (nSPS) is 12.4. The number of nitrogens with zero attached hydrogens (tertiary/aromatic N) is 1. The fraction of sp³-hybridized carbons (Fsp3) is 0.267. The van der Waals surface area contributed by atoms with Crippen molar-refractivity contribution in [1.82, 2.24) is 10.6 Å². The van der Waals surface area contributed by atoms with E-state index in [2.05, 4.69) is 10.6 Å². The predicted octanol–water partition coefficient (Wildman–Crippen LogP) is 0.503. The van der Waals surface area contributed by atoms with Crippen molar-refractivity contribution >= 4 is 11.9 Å². The number of carboxylic acid groups (broad SMARTS) is 1. The quantitative estimate of drug-likeness (QED) is 0.494. The lowest BCUT2D eigenvalue weighted by atomic mass is 10.2. The summed E-state index contributed by atoms with van der Waals surface area (Å²) in [6.45, 7) is 0.556. The van der Waals surface area contributed by atoms with Gasteiger partial charge in [-0.05, 0) is 17.7 Å². The summed E-state index contributed by atoms with van der Waals surface area (Å²) in [5.41, 5.74) is 0.769. The van der Waals surface area contributed by atoms with Crippen LogP contribution >= 0.6 is 0 Å². The molecule has 1 aromatic carbocycles. The molecule has 120 valence electrons. The molecule has 0 unspecified atom stereocenters. The zero-order chi connectivity index (χ0) is 16.7. The fourth-order valence-corrected chi connectivity index (χ4v) is 1.85. The number of carboxylic acids is 1. The Morgan fingerprint density at radius 1 is 1.35 bits per heavy atom. The van der Waals surface area contributed by atoms with E-state index < -0.39 is 11.9 Å². The van der Waals surface area contributed by atoms with E-state index in [-0.39, 0.29) is 25.3 Å². The standard InChI is InChI=1S/C15H15N3O5/c16-6-11(15(21)18-4-3-14(19)20)8-17-7-10-1-2-12-13(5-10)23-9-22-12/h1-2,5,8,17H,3-4,7,9H2,(H,18,21)(H,19,20)/b11-8-. The number of hydrogen-bond acceptors (Lipinski definition) is 6. The summed E-state index contributed by atoms with van der Waals surface area (Å²) >= 11 is 0. The predicted molar refractivity (Wildman–Crippen MR) is 78.4 cm³/mol. The van der Waals surface area contributed by atoms with Crippen LogP contribution in [0.4, 0.5) is 0 Å². The fourth-order valence-electron chi connectivity index (χ4n) is 1.85. The van der Waals surface area contributed by atoms with Crippen molar-refractivity contribution in [3.63, 3.8) is 0 Å². The van der Waals surface area contributed by atoms with Gasteiger partial charge < -0.3 is 25.2 Å². The Bertz CT molecular complexity index is 678. The highest BCUT2D eigenvalue weighted by Gasteiger charge is 2.13. The lowest BCUT2D eigenvalue weighted by molar-refractivity contribution is -0.136. The maximum Gasteiger partial charge on any atom is 0.305 e. The Hall–Kier alpha value is -3.21. The van der Waals surface area contributed by atoms with Crippen molar-refractivity contribution in [2.45, 2.75) is 13.0 Å². The SMILES string of the molecule is N#C/C(=C/NCc1ccc2c(c1)OCO2)C(=O)NCCC(=O)O. The highest BCUT2D eigenvalue weighted by molar-refractivity contribution is 5.97. The van der Waals surface area contributed by atoms with E-state index in [4.69, 9.17) is 19.8 Å². The zero-order valence-electron chi connectivity index (χ0n) is 12.2. The van der Waals surface area contributed by atoms with Gasteiger partial charge in [-0.2, -0.15) is 5.26 Å². The third kappa shape index (κ3) is 4.64. The highest BCUT2D eigenvalue weighted by Crippen LogP contribution is 2.32. The third-order valence-corrected chi connectivity index (χ3v) is 2.98. The summed E-state index contributed by atoms with van der Waals surface area (Å²) in [5.74, 6) is -0.305. The van der Waals surface area contributed by atoms with E-state index in [1.54, 1.807) is 12.1 Å². The molecule has 0 fully saturated rings. The minimum Gasteiger partial charge on any atom is -0.481 e. The molecule has 2 rings (SSSR count). The topological polar surface area (TPSA) is 121 Å². The van der Waals surface area contributed by atoms with Crippen molar-refractivity contribution in [2.24, 2.45) is 0 Å². The molecule has 1 amide bonds. The number of aliphatic carboxylic acids is 1. The summed E-state index contributed by atoms with van der Waals surface area (Å²) in [7, 11) is 0. The first-order valence-electron chi connectivity index (χ1n) is 6.82. The summed E-state index contributed by atoms with van der Waals surface area (Å²) in [6, 6.07) is 7.20. The number of nitriles is 1. The number of carbonyl (C=O) groups is 2. The first-order valence-corrected chi connectivity index (χ1v) is 6.82. The van der Waals surface area contributed by atoms with E-state index in [0.717, 1.165) is 5.56 Å². The molecule has 23 heavy (non-hydrogen) atoms. The molecule has 8 heteroatoms. The van der Waals surface area contributed by atoms with Gasteiger partial charge in [-0.1, -0.05) is 6.07 Å². The van der Waals surface area contributed by atoms with Gasteiger partial charge in [-0.3, -0.25) is 9.59 Å². The molecule has 3 N–H and O–H groups in total. The van der Waals surface area contributed by atoms with Gasteiger partial charge in [0, 0.05) is 19.3 Å². The van der Waals surface area contributed by atoms with Gasteiger partial charge >= 0.3 is 5.97 Å². The number of nitrogens with one attached hydrogen (secondary N) is 2. The van der Waals surface area contributed by atoms with Crippen LogP contribution < -0.4 is 20.1 Å². The van der Waals surface area contributed by atoms with Crippen LogP contribution in [0.5, 0.6) is 11.5 Å². The lowest BCUT2D eigenvalue weighted by Gasteiger charge is -2.05. The Balaban J connectivity index is 1.86. The van der Waals surface area contributed by atoms with Crippen LogP contribution in [-0.4, -0.2) is 30.3 Å². The van der Waals surface area contributed by atoms with Crippen LogP contribution in [0.2, 0.25) is 0 Å². The van der Waals surface area contributed by atoms with Crippen LogP contribution in [0.1, 0.15) is 12.0 Å². The molecule has 0 saturated heterocycles. The average Bonchev–Trinajstić information content (AvgIpc) is 2.98. The van der Waals surface area contributed by atoms with Crippen molar-refractivity contribution in [1.29, 1.82) is 5.26 Å². The van der Waals surface area contributed by atoms with Gasteiger partial charge in [0.15, 0.2) is 11.5 Å². The second-order valence-electron chi connectivity index (χ2n) is 4.64. The number of hydrogen-bond donors (Lipinski definition) is 3. The molecule has 1 aliphatic heterocycles. The summed E-state index contributed by atoms with van der Waals surface area (Å²) in [4.78, 5) is 22.0. The smallest absolute Gasteiger partial charge is 0.305 e. The Morgan fingerprint density at radius 3 is 2.87 bits per heavy atom. The second-order valence-corrected chi connectivity index (χ2v) is 4.64. The number of ether oxygens (including phenoxy) is 2. The Morgan fingerprint density at radius 2 is 2.13 bits per heavy atom. The third-order valence-electron chi connectivity index (χ3n) is 2.98. The molecule has 1 aromatic rings. The molecule has 0 saturated carbocycles. The monoisotopic (exact) mass is 317 g/mol. The van der Waals surface area contributed by atoms with E-state index in [1.807, 2.05) is 12.1 Å². The van der Waals surface area contributed by atoms with Gasteiger partial charge in [0.25, 0.3) is 5.91 Å². The first-order chi connectivity index (χ1) is 11.1. The second kappa shape index (κ2) is 7.70.